The van der Waals surface area contributed by atoms with E-state index in [1.54, 1.807) is 30.5 Å². The van der Waals surface area contributed by atoms with Gasteiger partial charge in [-0.3, -0.25) is 9.78 Å². The summed E-state index contributed by atoms with van der Waals surface area (Å²) in [7, 11) is 3.71. The number of pyridine rings is 2. The Morgan fingerprint density at radius 3 is 2.55 bits per heavy atom. The van der Waals surface area contributed by atoms with Crippen LogP contribution in [0.5, 0.6) is 0 Å². The number of aromatic nitrogens is 2. The largest absolute Gasteiger partial charge is 0.389 e. The predicted molar refractivity (Wildman–Crippen MR) is 121 cm³/mol. The lowest BCUT2D eigenvalue weighted by molar-refractivity contribution is -0.104. The molecule has 0 saturated carbocycles. The molecule has 1 N–H and O–H groups in total. The van der Waals surface area contributed by atoms with Gasteiger partial charge in [-0.15, -0.1) is 0 Å². The summed E-state index contributed by atoms with van der Waals surface area (Å²) in [6.07, 6.45) is 3.38. The summed E-state index contributed by atoms with van der Waals surface area (Å²) in [5, 5.41) is 21.5. The van der Waals surface area contributed by atoms with Crippen LogP contribution in [0.15, 0.2) is 36.0 Å². The second kappa shape index (κ2) is 9.65. The highest BCUT2D eigenvalue weighted by molar-refractivity contribution is 6.30. The Labute approximate surface area is 191 Å². The van der Waals surface area contributed by atoms with Crippen molar-refractivity contribution in [2.24, 2.45) is 0 Å². The van der Waals surface area contributed by atoms with Gasteiger partial charge in [0.2, 0.25) is 0 Å². The van der Waals surface area contributed by atoms with Crippen molar-refractivity contribution < 1.29 is 9.90 Å². The van der Waals surface area contributed by atoms with Crippen molar-refractivity contribution >= 4 is 40.9 Å². The number of hydrogen-bond acceptors (Lipinski definition) is 7. The first-order valence-electron chi connectivity index (χ1n) is 9.78. The fraction of sp³-hybridized carbons (Fsp3) is 0.364. The molecule has 0 spiro atoms. The second-order valence-electron chi connectivity index (χ2n) is 7.74. The molecule has 2 aromatic rings. The van der Waals surface area contributed by atoms with Crippen molar-refractivity contribution in [3.63, 3.8) is 0 Å². The number of allylic oxidation sites excluding steroid dienone is 1. The molecule has 0 aliphatic carbocycles. The summed E-state index contributed by atoms with van der Waals surface area (Å²) < 4.78 is 0. The quantitative estimate of drug-likeness (QED) is 0.306. The number of rotatable bonds is 6. The number of piperidine rings is 1. The van der Waals surface area contributed by atoms with Crippen LogP contribution >= 0.6 is 23.2 Å². The molecule has 1 aliphatic rings. The zero-order valence-corrected chi connectivity index (χ0v) is 18.9. The maximum Gasteiger partial charge on any atom is 0.162 e. The van der Waals surface area contributed by atoms with E-state index in [1.807, 2.05) is 30.0 Å². The van der Waals surface area contributed by atoms with Crippen LogP contribution < -0.4 is 4.90 Å². The van der Waals surface area contributed by atoms with E-state index in [0.29, 0.717) is 55.1 Å². The van der Waals surface area contributed by atoms with Crippen molar-refractivity contribution in [2.45, 2.75) is 24.9 Å². The summed E-state index contributed by atoms with van der Waals surface area (Å²) in [6, 6.07) is 9.00. The fourth-order valence-corrected chi connectivity index (χ4v) is 3.98. The van der Waals surface area contributed by atoms with Crippen LogP contribution in [-0.4, -0.2) is 59.0 Å². The molecule has 0 radical (unpaired) electrons. The molecule has 3 heterocycles. The number of halogens is 2. The summed E-state index contributed by atoms with van der Waals surface area (Å²) >= 11 is 12.0. The van der Waals surface area contributed by atoms with Gasteiger partial charge in [0.1, 0.15) is 22.5 Å². The highest BCUT2D eigenvalue weighted by Gasteiger charge is 2.35. The number of nitriles is 1. The van der Waals surface area contributed by atoms with Crippen molar-refractivity contribution in [2.75, 3.05) is 32.1 Å². The zero-order valence-electron chi connectivity index (χ0n) is 17.3. The molecule has 0 amide bonds. The Bertz CT molecular complexity index is 1020. The number of anilines is 1. The monoisotopic (exact) mass is 459 g/mol. The third-order valence-corrected chi connectivity index (χ3v) is 5.78. The van der Waals surface area contributed by atoms with Gasteiger partial charge in [-0.05, 0) is 37.1 Å². The standard InChI is InChI=1S/C22H23Cl2N5O2/c1-28(2)18-5-6-19(24)27-20(18)21(15(12-25)14-30)29-9-7-22(31,8-10-29)11-17-4-3-16(23)13-26-17/h3-6,13-14,31H,7-11H2,1-2H3/b21-15+. The van der Waals surface area contributed by atoms with Gasteiger partial charge in [0, 0.05) is 45.5 Å². The van der Waals surface area contributed by atoms with Crippen molar-refractivity contribution in [3.8, 4) is 6.07 Å². The molecule has 0 bridgehead atoms. The number of likely N-dealkylation sites (tertiary alicyclic amines) is 1. The molecular weight excluding hydrogens is 437 g/mol. The molecular formula is C22H23Cl2N5O2. The molecule has 0 atom stereocenters. The second-order valence-corrected chi connectivity index (χ2v) is 8.57. The summed E-state index contributed by atoms with van der Waals surface area (Å²) in [5.41, 5.74) is 1.42. The van der Waals surface area contributed by atoms with Gasteiger partial charge < -0.3 is 14.9 Å². The molecule has 0 aromatic carbocycles. The van der Waals surface area contributed by atoms with E-state index in [0.717, 1.165) is 11.4 Å². The van der Waals surface area contributed by atoms with Gasteiger partial charge in [0.15, 0.2) is 6.29 Å². The smallest absolute Gasteiger partial charge is 0.162 e. The summed E-state index contributed by atoms with van der Waals surface area (Å²) in [5.74, 6) is 0. The highest BCUT2D eigenvalue weighted by Crippen LogP contribution is 2.35. The Morgan fingerprint density at radius 1 is 1.29 bits per heavy atom. The Balaban J connectivity index is 1.90. The number of hydrogen-bond donors (Lipinski definition) is 1. The van der Waals surface area contributed by atoms with Crippen molar-refractivity contribution in [1.82, 2.24) is 14.9 Å². The van der Waals surface area contributed by atoms with E-state index in [1.165, 1.54) is 0 Å². The van der Waals surface area contributed by atoms with Crippen molar-refractivity contribution in [1.29, 1.82) is 5.26 Å². The first kappa shape index (κ1) is 23.0. The van der Waals surface area contributed by atoms with Crippen LogP contribution in [0.1, 0.15) is 24.2 Å². The van der Waals surface area contributed by atoms with Crippen molar-refractivity contribution in [3.05, 3.63) is 57.6 Å². The molecule has 162 valence electrons. The van der Waals surface area contributed by atoms with E-state index in [9.17, 15) is 15.2 Å². The molecule has 2 aromatic heterocycles. The maximum absolute atomic E-state index is 11.7. The van der Waals surface area contributed by atoms with Gasteiger partial charge in [0.25, 0.3) is 0 Å². The normalized spacial score (nSPS) is 16.3. The summed E-state index contributed by atoms with van der Waals surface area (Å²) in [4.78, 5) is 24.2. The van der Waals surface area contributed by atoms with Gasteiger partial charge in [-0.2, -0.15) is 5.26 Å². The molecule has 31 heavy (non-hydrogen) atoms. The average molecular weight is 460 g/mol. The molecule has 7 nitrogen and oxygen atoms in total. The van der Waals surface area contributed by atoms with E-state index >= 15 is 0 Å². The minimum absolute atomic E-state index is 0.0253. The van der Waals surface area contributed by atoms with Gasteiger partial charge in [-0.1, -0.05) is 23.2 Å². The van der Waals surface area contributed by atoms with Gasteiger partial charge in [0.05, 0.1) is 22.0 Å². The van der Waals surface area contributed by atoms with Crippen LogP contribution in [0, 0.1) is 11.3 Å². The SMILES string of the molecule is CN(C)c1ccc(Cl)nc1/C(=C(/C#N)C=O)N1CCC(O)(Cc2ccc(Cl)cn2)CC1. The molecule has 0 unspecified atom stereocenters. The highest BCUT2D eigenvalue weighted by atomic mass is 35.5. The number of carbonyl (C=O) groups is 1. The van der Waals surface area contributed by atoms with E-state index < -0.39 is 5.60 Å². The van der Waals surface area contributed by atoms with Crippen LogP contribution in [0.4, 0.5) is 5.69 Å². The van der Waals surface area contributed by atoms with Crippen LogP contribution in [0.25, 0.3) is 5.70 Å². The van der Waals surface area contributed by atoms with Gasteiger partial charge >= 0.3 is 0 Å². The van der Waals surface area contributed by atoms with Gasteiger partial charge in [-0.25, -0.2) is 4.98 Å². The topological polar surface area (TPSA) is 93.4 Å². The van der Waals surface area contributed by atoms with Crippen LogP contribution in [0.3, 0.4) is 0 Å². The summed E-state index contributed by atoms with van der Waals surface area (Å²) in [6.45, 7) is 0.888. The molecule has 3 rings (SSSR count). The van der Waals surface area contributed by atoms with Crippen LogP contribution in [0.2, 0.25) is 10.2 Å². The van der Waals surface area contributed by atoms with E-state index in [-0.39, 0.29) is 10.7 Å². The van der Waals surface area contributed by atoms with E-state index in [2.05, 4.69) is 9.97 Å². The number of nitrogens with zero attached hydrogens (tertiary/aromatic N) is 5. The minimum Gasteiger partial charge on any atom is -0.389 e. The predicted octanol–water partition coefficient (Wildman–Crippen LogP) is 3.35. The maximum atomic E-state index is 11.7. The number of aldehydes is 1. The third-order valence-electron chi connectivity index (χ3n) is 5.35. The molecule has 1 saturated heterocycles. The number of aliphatic hydroxyl groups is 1. The minimum atomic E-state index is -0.942. The lowest BCUT2D eigenvalue weighted by Gasteiger charge is -2.40. The third kappa shape index (κ3) is 5.34. The fourth-order valence-electron chi connectivity index (χ4n) is 3.72. The zero-order chi connectivity index (χ0) is 22.6. The van der Waals surface area contributed by atoms with Crippen LogP contribution in [-0.2, 0) is 11.2 Å². The Kier molecular flexibility index (Phi) is 7.16. The first-order valence-corrected chi connectivity index (χ1v) is 10.5. The first-order chi connectivity index (χ1) is 14.8. The lowest BCUT2D eigenvalue weighted by atomic mass is 9.86. The number of carbonyl (C=O) groups excluding carboxylic acids is 1. The molecule has 1 aliphatic heterocycles. The Morgan fingerprint density at radius 2 is 2.00 bits per heavy atom. The lowest BCUT2D eigenvalue weighted by Crippen LogP contribution is -2.45. The van der Waals surface area contributed by atoms with E-state index in [4.69, 9.17) is 23.2 Å². The molecule has 9 heteroatoms. The molecule has 1 fully saturated rings. The average Bonchev–Trinajstić information content (AvgIpc) is 2.74. The Hall–Kier alpha value is -2.66.